The molecule has 0 heterocycles. The molecule has 0 rings (SSSR count). The van der Waals surface area contributed by atoms with Crippen LogP contribution in [-0.2, 0) is 9.59 Å². The Labute approximate surface area is 103 Å². The standard InChI is InChI=1S/C10H21N3O2.ClH/c1-10(2,3)12-8(14)7-13(5)9(15)6-11-4;/h11H,6-7H2,1-5H3,(H,12,14);1H. The first-order chi connectivity index (χ1) is 6.76. The fourth-order valence-electron chi connectivity index (χ4n) is 1.05. The van der Waals surface area contributed by atoms with E-state index in [1.807, 2.05) is 20.8 Å². The van der Waals surface area contributed by atoms with Crippen LogP contribution in [0.2, 0.25) is 0 Å². The Kier molecular flexibility index (Phi) is 8.20. The molecule has 0 aliphatic carbocycles. The lowest BCUT2D eigenvalue weighted by Crippen LogP contribution is -2.47. The molecule has 0 aromatic rings. The molecule has 0 bridgehead atoms. The molecule has 0 atom stereocenters. The third-order valence-electron chi connectivity index (χ3n) is 1.65. The number of nitrogens with zero attached hydrogens (tertiary/aromatic N) is 1. The van der Waals surface area contributed by atoms with Crippen LogP contribution in [-0.4, -0.2) is 49.4 Å². The number of amides is 2. The van der Waals surface area contributed by atoms with Gasteiger partial charge in [-0.1, -0.05) is 0 Å². The van der Waals surface area contributed by atoms with E-state index in [4.69, 9.17) is 0 Å². The second kappa shape index (κ2) is 7.46. The number of likely N-dealkylation sites (N-methyl/N-ethyl adjacent to an activating group) is 2. The van der Waals surface area contributed by atoms with Crippen LogP contribution < -0.4 is 10.6 Å². The molecule has 0 aliphatic rings. The van der Waals surface area contributed by atoms with Crippen molar-refractivity contribution in [3.8, 4) is 0 Å². The topological polar surface area (TPSA) is 61.4 Å². The number of halogens is 1. The van der Waals surface area contributed by atoms with E-state index >= 15 is 0 Å². The van der Waals surface area contributed by atoms with Gasteiger partial charge in [0, 0.05) is 12.6 Å². The normalized spacial score (nSPS) is 10.3. The lowest BCUT2D eigenvalue weighted by molar-refractivity contribution is -0.134. The quantitative estimate of drug-likeness (QED) is 0.740. The van der Waals surface area contributed by atoms with Crippen LogP contribution in [0.3, 0.4) is 0 Å². The maximum Gasteiger partial charge on any atom is 0.240 e. The van der Waals surface area contributed by atoms with Crippen molar-refractivity contribution < 1.29 is 9.59 Å². The molecule has 5 nitrogen and oxygen atoms in total. The lowest BCUT2D eigenvalue weighted by atomic mass is 10.1. The zero-order valence-corrected chi connectivity index (χ0v) is 11.4. The summed E-state index contributed by atoms with van der Waals surface area (Å²) in [7, 11) is 3.31. The Balaban J connectivity index is 0. The summed E-state index contributed by atoms with van der Waals surface area (Å²) < 4.78 is 0. The van der Waals surface area contributed by atoms with Gasteiger partial charge in [0.2, 0.25) is 11.8 Å². The summed E-state index contributed by atoms with van der Waals surface area (Å²) in [5.41, 5.74) is -0.260. The Morgan fingerprint density at radius 2 is 1.75 bits per heavy atom. The molecule has 0 radical (unpaired) electrons. The van der Waals surface area contributed by atoms with Crippen molar-refractivity contribution in [2.75, 3.05) is 27.2 Å². The number of carbonyl (C=O) groups excluding carboxylic acids is 2. The fourth-order valence-corrected chi connectivity index (χ4v) is 1.05. The minimum absolute atomic E-state index is 0. The van der Waals surface area contributed by atoms with E-state index in [9.17, 15) is 9.59 Å². The predicted molar refractivity (Wildman–Crippen MR) is 66.7 cm³/mol. The SMILES string of the molecule is CNCC(=O)N(C)CC(=O)NC(C)(C)C.Cl. The highest BCUT2D eigenvalue weighted by molar-refractivity contribution is 5.86. The van der Waals surface area contributed by atoms with Crippen molar-refractivity contribution >= 4 is 24.2 Å². The average Bonchev–Trinajstić information content (AvgIpc) is 2.00. The van der Waals surface area contributed by atoms with Crippen molar-refractivity contribution in [3.05, 3.63) is 0 Å². The minimum atomic E-state index is -0.260. The molecular weight excluding hydrogens is 230 g/mol. The van der Waals surface area contributed by atoms with Crippen LogP contribution >= 0.6 is 12.4 Å². The van der Waals surface area contributed by atoms with Crippen molar-refractivity contribution in [3.63, 3.8) is 0 Å². The summed E-state index contributed by atoms with van der Waals surface area (Å²) in [5.74, 6) is -0.240. The Morgan fingerprint density at radius 1 is 1.25 bits per heavy atom. The van der Waals surface area contributed by atoms with Crippen molar-refractivity contribution in [2.45, 2.75) is 26.3 Å². The van der Waals surface area contributed by atoms with Gasteiger partial charge in [0.05, 0.1) is 13.1 Å². The van der Waals surface area contributed by atoms with E-state index in [0.717, 1.165) is 0 Å². The Bertz CT molecular complexity index is 239. The lowest BCUT2D eigenvalue weighted by Gasteiger charge is -2.23. The number of rotatable bonds is 4. The summed E-state index contributed by atoms with van der Waals surface area (Å²) in [6.07, 6.45) is 0. The first-order valence-corrected chi connectivity index (χ1v) is 4.96. The van der Waals surface area contributed by atoms with Gasteiger partial charge in [0.25, 0.3) is 0 Å². The minimum Gasteiger partial charge on any atom is -0.350 e. The fraction of sp³-hybridized carbons (Fsp3) is 0.800. The molecule has 16 heavy (non-hydrogen) atoms. The molecule has 0 spiro atoms. The van der Waals surface area contributed by atoms with Gasteiger partial charge in [-0.15, -0.1) is 12.4 Å². The predicted octanol–water partition coefficient (Wildman–Crippen LogP) is 0.000700. The number of hydrogen-bond acceptors (Lipinski definition) is 3. The van der Waals surface area contributed by atoms with Gasteiger partial charge in [-0.25, -0.2) is 0 Å². The van der Waals surface area contributed by atoms with Crippen LogP contribution in [0.15, 0.2) is 0 Å². The van der Waals surface area contributed by atoms with Crippen LogP contribution in [0.25, 0.3) is 0 Å². The molecule has 96 valence electrons. The number of nitrogens with one attached hydrogen (secondary N) is 2. The van der Waals surface area contributed by atoms with E-state index < -0.39 is 0 Å². The highest BCUT2D eigenvalue weighted by Gasteiger charge is 2.16. The molecule has 0 unspecified atom stereocenters. The summed E-state index contributed by atoms with van der Waals surface area (Å²) in [4.78, 5) is 24.2. The third kappa shape index (κ3) is 8.49. The van der Waals surface area contributed by atoms with Gasteiger partial charge in [-0.05, 0) is 27.8 Å². The largest absolute Gasteiger partial charge is 0.350 e. The molecule has 0 saturated heterocycles. The van der Waals surface area contributed by atoms with Crippen molar-refractivity contribution in [1.82, 2.24) is 15.5 Å². The highest BCUT2D eigenvalue weighted by atomic mass is 35.5. The van der Waals surface area contributed by atoms with Crippen molar-refractivity contribution in [2.24, 2.45) is 0 Å². The zero-order valence-electron chi connectivity index (χ0n) is 10.6. The van der Waals surface area contributed by atoms with Gasteiger partial charge < -0.3 is 15.5 Å². The monoisotopic (exact) mass is 251 g/mol. The molecule has 2 amide bonds. The second-order valence-electron chi connectivity index (χ2n) is 4.58. The van der Waals surface area contributed by atoms with E-state index in [1.54, 1.807) is 14.1 Å². The van der Waals surface area contributed by atoms with Crippen LogP contribution in [0.5, 0.6) is 0 Å². The first kappa shape index (κ1) is 17.6. The van der Waals surface area contributed by atoms with E-state index in [1.165, 1.54) is 4.90 Å². The highest BCUT2D eigenvalue weighted by Crippen LogP contribution is 1.98. The summed E-state index contributed by atoms with van der Waals surface area (Å²) in [5, 5.41) is 5.54. The maximum absolute atomic E-state index is 11.5. The third-order valence-corrected chi connectivity index (χ3v) is 1.65. The summed E-state index contributed by atoms with van der Waals surface area (Å²) in [6, 6.07) is 0. The molecule has 0 aromatic heterocycles. The number of hydrogen-bond donors (Lipinski definition) is 2. The van der Waals surface area contributed by atoms with E-state index in [0.29, 0.717) is 0 Å². The van der Waals surface area contributed by atoms with Crippen molar-refractivity contribution in [1.29, 1.82) is 0 Å². The van der Waals surface area contributed by atoms with Gasteiger partial charge in [0.1, 0.15) is 0 Å². The molecule has 0 fully saturated rings. The molecule has 2 N–H and O–H groups in total. The van der Waals surface area contributed by atoms with E-state index in [2.05, 4.69) is 10.6 Å². The van der Waals surface area contributed by atoms with Crippen LogP contribution in [0.1, 0.15) is 20.8 Å². The molecule has 6 heteroatoms. The zero-order chi connectivity index (χ0) is 12.1. The van der Waals surface area contributed by atoms with E-state index in [-0.39, 0.29) is 42.8 Å². The molecule has 0 aliphatic heterocycles. The van der Waals surface area contributed by atoms with Crippen LogP contribution in [0.4, 0.5) is 0 Å². The summed E-state index contributed by atoms with van der Waals surface area (Å²) >= 11 is 0. The second-order valence-corrected chi connectivity index (χ2v) is 4.58. The average molecular weight is 252 g/mol. The smallest absolute Gasteiger partial charge is 0.240 e. The van der Waals surface area contributed by atoms with Gasteiger partial charge >= 0.3 is 0 Å². The molecule has 0 saturated carbocycles. The summed E-state index contributed by atoms with van der Waals surface area (Å²) in [6.45, 7) is 6.05. The Morgan fingerprint density at radius 3 is 2.12 bits per heavy atom. The maximum atomic E-state index is 11.5. The first-order valence-electron chi connectivity index (χ1n) is 4.96. The molecule has 0 aromatic carbocycles. The Hall–Kier alpha value is -0.810. The van der Waals surface area contributed by atoms with Gasteiger partial charge in [0.15, 0.2) is 0 Å². The van der Waals surface area contributed by atoms with Crippen LogP contribution in [0, 0.1) is 0 Å². The van der Waals surface area contributed by atoms with Gasteiger partial charge in [-0.2, -0.15) is 0 Å². The number of carbonyl (C=O) groups is 2. The molecular formula is C10H22ClN3O2. The van der Waals surface area contributed by atoms with Gasteiger partial charge in [-0.3, -0.25) is 9.59 Å².